The second-order valence-corrected chi connectivity index (χ2v) is 5.51. The molecular weight excluding hydrogens is 268 g/mol. The van der Waals surface area contributed by atoms with Crippen molar-refractivity contribution in [3.05, 3.63) is 34.9 Å². The Morgan fingerprint density at radius 3 is 2.76 bits per heavy atom. The number of carbonyl (C=O) groups excluding carboxylic acids is 2. The van der Waals surface area contributed by atoms with Crippen LogP contribution in [0.1, 0.15) is 35.3 Å². The van der Waals surface area contributed by atoms with Crippen molar-refractivity contribution in [2.45, 2.75) is 32.9 Å². The molecule has 0 saturated heterocycles. The quantitative estimate of drug-likeness (QED) is 0.851. The van der Waals surface area contributed by atoms with Gasteiger partial charge in [0.25, 0.3) is 5.91 Å². The van der Waals surface area contributed by atoms with Crippen molar-refractivity contribution >= 4 is 11.9 Å². The first-order valence-electron chi connectivity index (χ1n) is 7.23. The SMILES string of the molecule is COC(=O)CN(C(=O)c1ccc2c(c1)CNCC2)C(C)C. The Balaban J connectivity index is 2.22. The zero-order valence-electron chi connectivity index (χ0n) is 12.8. The Kier molecular flexibility index (Phi) is 4.96. The van der Waals surface area contributed by atoms with Gasteiger partial charge in [0.2, 0.25) is 0 Å². The molecule has 0 fully saturated rings. The highest BCUT2D eigenvalue weighted by Crippen LogP contribution is 2.18. The Hall–Kier alpha value is -1.88. The van der Waals surface area contributed by atoms with Gasteiger partial charge in [-0.25, -0.2) is 0 Å². The molecule has 1 aliphatic heterocycles. The smallest absolute Gasteiger partial charge is 0.325 e. The summed E-state index contributed by atoms with van der Waals surface area (Å²) in [7, 11) is 1.33. The number of esters is 1. The molecule has 21 heavy (non-hydrogen) atoms. The van der Waals surface area contributed by atoms with Crippen molar-refractivity contribution in [3.8, 4) is 0 Å². The first-order chi connectivity index (χ1) is 10.0. The van der Waals surface area contributed by atoms with Crippen molar-refractivity contribution in [3.63, 3.8) is 0 Å². The number of ether oxygens (including phenoxy) is 1. The van der Waals surface area contributed by atoms with Crippen molar-refractivity contribution < 1.29 is 14.3 Å². The molecule has 114 valence electrons. The van der Waals surface area contributed by atoms with E-state index in [-0.39, 0.29) is 18.5 Å². The highest BCUT2D eigenvalue weighted by atomic mass is 16.5. The topological polar surface area (TPSA) is 58.6 Å². The van der Waals surface area contributed by atoms with E-state index >= 15 is 0 Å². The Bertz CT molecular complexity index is 540. The van der Waals surface area contributed by atoms with Crippen LogP contribution >= 0.6 is 0 Å². The number of methoxy groups -OCH3 is 1. The number of rotatable bonds is 4. The maximum Gasteiger partial charge on any atom is 0.325 e. The Labute approximate surface area is 125 Å². The van der Waals surface area contributed by atoms with E-state index in [1.807, 2.05) is 32.0 Å². The molecule has 5 nitrogen and oxygen atoms in total. The van der Waals surface area contributed by atoms with E-state index in [2.05, 4.69) is 10.1 Å². The van der Waals surface area contributed by atoms with Crippen LogP contribution in [0.4, 0.5) is 0 Å². The standard InChI is InChI=1S/C16H22N2O3/c1-11(2)18(10-15(19)21-3)16(20)13-5-4-12-6-7-17-9-14(12)8-13/h4-5,8,11,17H,6-7,9-10H2,1-3H3. The zero-order valence-corrected chi connectivity index (χ0v) is 12.8. The number of carbonyl (C=O) groups is 2. The minimum atomic E-state index is -0.406. The summed E-state index contributed by atoms with van der Waals surface area (Å²) in [6.45, 7) is 5.51. The van der Waals surface area contributed by atoms with Crippen LogP contribution in [0.2, 0.25) is 0 Å². The van der Waals surface area contributed by atoms with E-state index < -0.39 is 5.97 Å². The zero-order chi connectivity index (χ0) is 15.4. The van der Waals surface area contributed by atoms with Crippen LogP contribution < -0.4 is 5.32 Å². The molecule has 0 radical (unpaired) electrons. The molecule has 1 aromatic rings. The van der Waals surface area contributed by atoms with Crippen molar-refractivity contribution in [2.24, 2.45) is 0 Å². The highest BCUT2D eigenvalue weighted by molar-refractivity contribution is 5.96. The van der Waals surface area contributed by atoms with Gasteiger partial charge in [-0.1, -0.05) is 6.07 Å². The minimum absolute atomic E-state index is 0.0255. The molecule has 0 unspecified atom stereocenters. The van der Waals surface area contributed by atoms with Gasteiger partial charge in [-0.3, -0.25) is 9.59 Å². The first kappa shape index (κ1) is 15.5. The van der Waals surface area contributed by atoms with Crippen LogP contribution in [0, 0.1) is 0 Å². The Morgan fingerprint density at radius 2 is 2.10 bits per heavy atom. The fraction of sp³-hybridized carbons (Fsp3) is 0.500. The van der Waals surface area contributed by atoms with E-state index in [0.717, 1.165) is 25.1 Å². The van der Waals surface area contributed by atoms with Gasteiger partial charge in [0.1, 0.15) is 6.54 Å². The van der Waals surface area contributed by atoms with E-state index in [1.165, 1.54) is 17.6 Å². The number of hydrogen-bond donors (Lipinski definition) is 1. The molecule has 1 heterocycles. The fourth-order valence-electron chi connectivity index (χ4n) is 2.47. The summed E-state index contributed by atoms with van der Waals surface area (Å²) < 4.78 is 4.66. The summed E-state index contributed by atoms with van der Waals surface area (Å²) in [6, 6.07) is 5.72. The molecular formula is C16H22N2O3. The lowest BCUT2D eigenvalue weighted by Crippen LogP contribution is -2.41. The van der Waals surface area contributed by atoms with Crippen molar-refractivity contribution in [2.75, 3.05) is 20.2 Å². The number of nitrogens with zero attached hydrogens (tertiary/aromatic N) is 1. The van der Waals surface area contributed by atoms with Crippen LogP contribution in [-0.2, 0) is 22.5 Å². The molecule has 0 bridgehead atoms. The lowest BCUT2D eigenvalue weighted by molar-refractivity contribution is -0.141. The van der Waals surface area contributed by atoms with Crippen LogP contribution in [0.15, 0.2) is 18.2 Å². The largest absolute Gasteiger partial charge is 0.468 e. The van der Waals surface area contributed by atoms with Gasteiger partial charge in [0.05, 0.1) is 7.11 Å². The summed E-state index contributed by atoms with van der Waals surface area (Å²) >= 11 is 0. The lowest BCUT2D eigenvalue weighted by atomic mass is 9.98. The summed E-state index contributed by atoms with van der Waals surface area (Å²) in [5, 5.41) is 3.30. The maximum absolute atomic E-state index is 12.6. The van der Waals surface area contributed by atoms with Crippen molar-refractivity contribution in [1.29, 1.82) is 0 Å². The van der Waals surface area contributed by atoms with E-state index in [4.69, 9.17) is 0 Å². The van der Waals surface area contributed by atoms with Crippen molar-refractivity contribution in [1.82, 2.24) is 10.2 Å². The molecule has 0 spiro atoms. The number of fused-ring (bicyclic) bond motifs is 1. The average Bonchev–Trinajstić information content (AvgIpc) is 2.50. The molecule has 1 amide bonds. The first-order valence-corrected chi connectivity index (χ1v) is 7.23. The highest BCUT2D eigenvalue weighted by Gasteiger charge is 2.23. The molecule has 0 saturated carbocycles. The third-order valence-electron chi connectivity index (χ3n) is 3.75. The molecule has 1 aromatic carbocycles. The summed E-state index contributed by atoms with van der Waals surface area (Å²) in [5.41, 5.74) is 3.07. The number of hydrogen-bond acceptors (Lipinski definition) is 4. The predicted octanol–water partition coefficient (Wildman–Crippen LogP) is 1.36. The summed E-state index contributed by atoms with van der Waals surface area (Å²) in [6.07, 6.45) is 0.986. The van der Waals surface area contributed by atoms with E-state index in [1.54, 1.807) is 0 Å². The van der Waals surface area contributed by atoms with E-state index in [0.29, 0.717) is 5.56 Å². The summed E-state index contributed by atoms with van der Waals surface area (Å²) in [4.78, 5) is 25.6. The van der Waals surface area contributed by atoms with Gasteiger partial charge in [0.15, 0.2) is 0 Å². The van der Waals surface area contributed by atoms with Crippen LogP contribution in [-0.4, -0.2) is 43.0 Å². The molecule has 0 aliphatic carbocycles. The number of amides is 1. The van der Waals surface area contributed by atoms with Crippen LogP contribution in [0.5, 0.6) is 0 Å². The maximum atomic E-state index is 12.6. The average molecular weight is 290 g/mol. The minimum Gasteiger partial charge on any atom is -0.468 e. The molecule has 0 atom stereocenters. The Morgan fingerprint density at radius 1 is 1.33 bits per heavy atom. The van der Waals surface area contributed by atoms with Gasteiger partial charge in [-0.2, -0.15) is 0 Å². The normalized spacial score (nSPS) is 13.7. The molecule has 0 aromatic heterocycles. The third-order valence-corrected chi connectivity index (χ3v) is 3.75. The predicted molar refractivity (Wildman–Crippen MR) is 80.0 cm³/mol. The summed E-state index contributed by atoms with van der Waals surface area (Å²) in [5.74, 6) is -0.541. The number of benzene rings is 1. The monoisotopic (exact) mass is 290 g/mol. The lowest BCUT2D eigenvalue weighted by Gasteiger charge is -2.26. The van der Waals surface area contributed by atoms with Gasteiger partial charge in [0, 0.05) is 18.2 Å². The molecule has 1 N–H and O–H groups in total. The van der Waals surface area contributed by atoms with Gasteiger partial charge in [-0.15, -0.1) is 0 Å². The van der Waals surface area contributed by atoms with E-state index in [9.17, 15) is 9.59 Å². The molecule has 1 aliphatic rings. The van der Waals surface area contributed by atoms with Gasteiger partial charge in [-0.05, 0) is 50.1 Å². The molecule has 5 heteroatoms. The second kappa shape index (κ2) is 6.72. The van der Waals surface area contributed by atoms with Crippen LogP contribution in [0.3, 0.4) is 0 Å². The number of nitrogens with one attached hydrogen (secondary N) is 1. The second-order valence-electron chi connectivity index (χ2n) is 5.51. The van der Waals surface area contributed by atoms with Gasteiger partial charge < -0.3 is 15.0 Å². The third kappa shape index (κ3) is 3.61. The fourth-order valence-corrected chi connectivity index (χ4v) is 2.47. The van der Waals surface area contributed by atoms with Gasteiger partial charge >= 0.3 is 5.97 Å². The van der Waals surface area contributed by atoms with Crippen LogP contribution in [0.25, 0.3) is 0 Å². The molecule has 2 rings (SSSR count).